The number of aromatic nitrogens is 1. The van der Waals surface area contributed by atoms with Crippen molar-refractivity contribution in [2.45, 2.75) is 25.3 Å². The number of thiazole rings is 1. The molecule has 2 aromatic rings. The van der Waals surface area contributed by atoms with Gasteiger partial charge in [0.25, 0.3) is 0 Å². The number of amides is 1. The molecule has 2 rings (SSSR count). The highest BCUT2D eigenvalue weighted by Crippen LogP contribution is 2.25. The first-order chi connectivity index (χ1) is 10.0. The van der Waals surface area contributed by atoms with Crippen molar-refractivity contribution < 1.29 is 9.53 Å². The van der Waals surface area contributed by atoms with Gasteiger partial charge in [-0.2, -0.15) is 0 Å². The lowest BCUT2D eigenvalue weighted by atomic mass is 10.1. The number of methoxy groups -OCH3 is 1. The van der Waals surface area contributed by atoms with Crippen molar-refractivity contribution >= 4 is 28.8 Å². The molecule has 4 nitrogen and oxygen atoms in total. The molecule has 0 saturated heterocycles. The van der Waals surface area contributed by atoms with Crippen LogP contribution in [-0.2, 0) is 4.79 Å². The Morgan fingerprint density at radius 2 is 2.05 bits per heavy atom. The van der Waals surface area contributed by atoms with E-state index in [1.807, 2.05) is 13.8 Å². The van der Waals surface area contributed by atoms with Crippen LogP contribution in [0.3, 0.4) is 0 Å². The summed E-state index contributed by atoms with van der Waals surface area (Å²) in [7, 11) is 1.60. The summed E-state index contributed by atoms with van der Waals surface area (Å²) < 4.78 is 5.08. The summed E-state index contributed by atoms with van der Waals surface area (Å²) in [6.07, 6.45) is 1.78. The van der Waals surface area contributed by atoms with Crippen molar-refractivity contribution in [3.05, 3.63) is 45.9 Å². The summed E-state index contributed by atoms with van der Waals surface area (Å²) in [5, 5.41) is 3.15. The van der Waals surface area contributed by atoms with E-state index in [1.54, 1.807) is 48.9 Å². The molecular formula is C15H17ClN2O2S. The number of hydrogen-bond donors (Lipinski definition) is 1. The van der Waals surface area contributed by atoms with Crippen molar-refractivity contribution in [1.29, 1.82) is 0 Å². The maximum atomic E-state index is 12.2. The van der Waals surface area contributed by atoms with Crippen LogP contribution in [0.4, 0.5) is 0 Å². The second-order valence-corrected chi connectivity index (χ2v) is 6.35. The lowest BCUT2D eigenvalue weighted by Crippen LogP contribution is -2.29. The van der Waals surface area contributed by atoms with E-state index in [2.05, 4.69) is 10.3 Å². The van der Waals surface area contributed by atoms with Gasteiger partial charge >= 0.3 is 0 Å². The summed E-state index contributed by atoms with van der Waals surface area (Å²) in [6, 6.07) is 7.04. The van der Waals surface area contributed by atoms with Crippen molar-refractivity contribution in [1.82, 2.24) is 10.3 Å². The van der Waals surface area contributed by atoms with Gasteiger partial charge < -0.3 is 10.1 Å². The SMILES string of the molecule is COc1ccc(C(Cl)C(=O)NC(C)c2cnc(C)s2)cc1. The summed E-state index contributed by atoms with van der Waals surface area (Å²) in [5.41, 5.74) is 0.739. The summed E-state index contributed by atoms with van der Waals surface area (Å²) in [4.78, 5) is 17.4. The molecule has 21 heavy (non-hydrogen) atoms. The number of benzene rings is 1. The number of nitrogens with zero attached hydrogens (tertiary/aromatic N) is 1. The third kappa shape index (κ3) is 3.95. The average Bonchev–Trinajstić information content (AvgIpc) is 2.93. The molecule has 0 aliphatic heterocycles. The van der Waals surface area contributed by atoms with Crippen LogP contribution in [0.2, 0.25) is 0 Å². The second-order valence-electron chi connectivity index (χ2n) is 4.65. The van der Waals surface area contributed by atoms with Crippen LogP contribution in [0, 0.1) is 6.92 Å². The third-order valence-electron chi connectivity index (χ3n) is 3.06. The summed E-state index contributed by atoms with van der Waals surface area (Å²) >= 11 is 7.79. The normalized spacial score (nSPS) is 13.5. The molecule has 0 aliphatic rings. The zero-order chi connectivity index (χ0) is 15.4. The largest absolute Gasteiger partial charge is 0.497 e. The Bertz CT molecular complexity index is 612. The van der Waals surface area contributed by atoms with Crippen molar-refractivity contribution in [2.75, 3.05) is 7.11 Å². The average molecular weight is 325 g/mol. The molecule has 2 unspecified atom stereocenters. The number of halogens is 1. The number of alkyl halides is 1. The Labute approximate surface area is 133 Å². The quantitative estimate of drug-likeness (QED) is 0.855. The van der Waals surface area contributed by atoms with E-state index in [0.29, 0.717) is 0 Å². The molecule has 0 bridgehead atoms. The van der Waals surface area contributed by atoms with Crippen LogP contribution >= 0.6 is 22.9 Å². The number of carbonyl (C=O) groups excluding carboxylic acids is 1. The first-order valence-corrected chi connectivity index (χ1v) is 7.77. The Kier molecular flexibility index (Phi) is 5.20. The lowest BCUT2D eigenvalue weighted by molar-refractivity contribution is -0.121. The molecule has 0 radical (unpaired) electrons. The zero-order valence-electron chi connectivity index (χ0n) is 12.1. The van der Waals surface area contributed by atoms with Crippen LogP contribution in [-0.4, -0.2) is 18.0 Å². The fourth-order valence-electron chi connectivity index (χ4n) is 1.86. The smallest absolute Gasteiger partial charge is 0.243 e. The number of rotatable bonds is 5. The minimum absolute atomic E-state index is 0.108. The molecule has 112 valence electrons. The Morgan fingerprint density at radius 3 is 2.57 bits per heavy atom. The van der Waals surface area contributed by atoms with E-state index >= 15 is 0 Å². The minimum Gasteiger partial charge on any atom is -0.497 e. The van der Waals surface area contributed by atoms with Crippen molar-refractivity contribution in [2.24, 2.45) is 0 Å². The van der Waals surface area contributed by atoms with E-state index in [0.717, 1.165) is 21.2 Å². The Balaban J connectivity index is 2.01. The van der Waals surface area contributed by atoms with E-state index in [4.69, 9.17) is 16.3 Å². The number of hydrogen-bond acceptors (Lipinski definition) is 4. The van der Waals surface area contributed by atoms with E-state index in [-0.39, 0.29) is 11.9 Å². The molecule has 6 heteroatoms. The van der Waals surface area contributed by atoms with Gasteiger partial charge in [0, 0.05) is 11.1 Å². The fourth-order valence-corrected chi connectivity index (χ4v) is 2.86. The number of ether oxygens (including phenoxy) is 1. The van der Waals surface area contributed by atoms with Crippen LogP contribution < -0.4 is 10.1 Å². The van der Waals surface area contributed by atoms with Gasteiger partial charge in [-0.3, -0.25) is 4.79 Å². The third-order valence-corrected chi connectivity index (χ3v) is 4.61. The van der Waals surface area contributed by atoms with E-state index in [1.165, 1.54) is 0 Å². The minimum atomic E-state index is -0.729. The van der Waals surface area contributed by atoms with Gasteiger partial charge in [0.1, 0.15) is 11.1 Å². The maximum Gasteiger partial charge on any atom is 0.243 e. The van der Waals surface area contributed by atoms with Gasteiger partial charge in [0.15, 0.2) is 0 Å². The van der Waals surface area contributed by atoms with E-state index in [9.17, 15) is 4.79 Å². The highest BCUT2D eigenvalue weighted by Gasteiger charge is 2.20. The van der Waals surface area contributed by atoms with Crippen LogP contribution in [0.1, 0.15) is 33.8 Å². The maximum absolute atomic E-state index is 12.2. The van der Waals surface area contributed by atoms with Gasteiger partial charge in [-0.1, -0.05) is 12.1 Å². The monoisotopic (exact) mass is 324 g/mol. The molecule has 2 atom stereocenters. The van der Waals surface area contributed by atoms with Gasteiger partial charge in [0.2, 0.25) is 5.91 Å². The van der Waals surface area contributed by atoms with Gasteiger partial charge in [-0.15, -0.1) is 22.9 Å². The highest BCUT2D eigenvalue weighted by atomic mass is 35.5. The van der Waals surface area contributed by atoms with Crippen LogP contribution in [0.15, 0.2) is 30.5 Å². The fraction of sp³-hybridized carbons (Fsp3) is 0.333. The Hall–Kier alpha value is -1.59. The standard InChI is InChI=1S/C15H17ClN2O2S/c1-9(13-8-17-10(2)21-13)18-15(19)14(16)11-4-6-12(20-3)7-5-11/h4-9,14H,1-3H3,(H,18,19). The highest BCUT2D eigenvalue weighted by molar-refractivity contribution is 7.11. The lowest BCUT2D eigenvalue weighted by Gasteiger charge is -2.15. The van der Waals surface area contributed by atoms with Gasteiger partial charge in [0.05, 0.1) is 18.2 Å². The molecule has 0 aliphatic carbocycles. The molecule has 1 aromatic carbocycles. The molecule has 0 saturated carbocycles. The molecule has 1 amide bonds. The molecule has 0 spiro atoms. The topological polar surface area (TPSA) is 51.2 Å². The molecule has 1 aromatic heterocycles. The first kappa shape index (κ1) is 15.8. The Morgan fingerprint density at radius 1 is 1.38 bits per heavy atom. The molecule has 0 fully saturated rings. The van der Waals surface area contributed by atoms with Crippen molar-refractivity contribution in [3.63, 3.8) is 0 Å². The summed E-state index contributed by atoms with van der Waals surface area (Å²) in [5.74, 6) is 0.511. The zero-order valence-corrected chi connectivity index (χ0v) is 13.7. The van der Waals surface area contributed by atoms with Crippen LogP contribution in [0.25, 0.3) is 0 Å². The molecular weight excluding hydrogens is 308 g/mol. The van der Waals surface area contributed by atoms with E-state index < -0.39 is 5.38 Å². The van der Waals surface area contributed by atoms with Gasteiger partial charge in [-0.05, 0) is 31.5 Å². The van der Waals surface area contributed by atoms with Gasteiger partial charge in [-0.25, -0.2) is 4.98 Å². The van der Waals surface area contributed by atoms with Crippen molar-refractivity contribution in [3.8, 4) is 5.75 Å². The first-order valence-electron chi connectivity index (χ1n) is 6.52. The predicted octanol–water partition coefficient (Wildman–Crippen LogP) is 3.62. The number of carbonyl (C=O) groups is 1. The predicted molar refractivity (Wildman–Crippen MR) is 85.0 cm³/mol. The number of nitrogens with one attached hydrogen (secondary N) is 1. The molecule has 1 heterocycles. The van der Waals surface area contributed by atoms with Crippen LogP contribution in [0.5, 0.6) is 5.75 Å². The molecule has 1 N–H and O–H groups in total. The second kappa shape index (κ2) is 6.91. The summed E-state index contributed by atoms with van der Waals surface area (Å²) in [6.45, 7) is 3.85. The number of aryl methyl sites for hydroxylation is 1.